The molecule has 0 saturated heterocycles. The maximum atomic E-state index is 11.9. The van der Waals surface area contributed by atoms with Crippen LogP contribution in [0.15, 0.2) is 48.5 Å². The van der Waals surface area contributed by atoms with Crippen LogP contribution in [0, 0.1) is 0 Å². The van der Waals surface area contributed by atoms with Gasteiger partial charge in [-0.3, -0.25) is 4.79 Å². The number of nitrogens with one attached hydrogen (secondary N) is 1. The third-order valence-corrected chi connectivity index (χ3v) is 3.33. The molecule has 0 atom stereocenters. The molecule has 21 heavy (non-hydrogen) atoms. The van der Waals surface area contributed by atoms with Crippen LogP contribution in [0.1, 0.15) is 25.0 Å². The molecule has 2 aromatic carbocycles. The Balaban J connectivity index is 1.92. The van der Waals surface area contributed by atoms with Gasteiger partial charge in [-0.25, -0.2) is 0 Å². The summed E-state index contributed by atoms with van der Waals surface area (Å²) in [5.74, 6) is 0.631. The average Bonchev–Trinajstić information content (AvgIpc) is 2.53. The van der Waals surface area contributed by atoms with Crippen LogP contribution in [0.4, 0.5) is 5.69 Å². The van der Waals surface area contributed by atoms with Gasteiger partial charge in [-0.15, -0.1) is 0 Å². The summed E-state index contributed by atoms with van der Waals surface area (Å²) < 4.78 is 5.61. The molecule has 1 amide bonds. The molecular formula is C18H21NO2. The van der Waals surface area contributed by atoms with Crippen molar-refractivity contribution in [1.82, 2.24) is 0 Å². The third kappa shape index (κ3) is 4.35. The highest BCUT2D eigenvalue weighted by molar-refractivity contribution is 5.91. The molecule has 0 heterocycles. The number of anilines is 1. The number of ether oxygens (including phenoxy) is 1. The minimum Gasteiger partial charge on any atom is -0.483 e. The van der Waals surface area contributed by atoms with Gasteiger partial charge in [0.1, 0.15) is 5.75 Å². The first-order chi connectivity index (χ1) is 10.2. The maximum Gasteiger partial charge on any atom is 0.262 e. The normalized spacial score (nSPS) is 10.2. The summed E-state index contributed by atoms with van der Waals surface area (Å²) in [6.07, 6.45) is 1.83. The molecule has 2 rings (SSSR count). The summed E-state index contributed by atoms with van der Waals surface area (Å²) in [6, 6.07) is 15.7. The van der Waals surface area contributed by atoms with Crippen LogP contribution in [-0.4, -0.2) is 12.5 Å². The topological polar surface area (TPSA) is 38.3 Å². The van der Waals surface area contributed by atoms with Crippen LogP contribution in [-0.2, 0) is 17.6 Å². The standard InChI is InChI=1S/C18H21NO2/c1-3-14-8-7-10-16(12-14)19-18(20)13-21-17-11-6-5-9-15(17)4-2/h5-12H,3-4,13H2,1-2H3,(H,19,20). The van der Waals surface area contributed by atoms with Crippen molar-refractivity contribution in [2.45, 2.75) is 26.7 Å². The van der Waals surface area contributed by atoms with Crippen molar-refractivity contribution in [1.29, 1.82) is 0 Å². The number of aryl methyl sites for hydroxylation is 2. The Morgan fingerprint density at radius 2 is 1.86 bits per heavy atom. The molecule has 2 aromatic rings. The van der Waals surface area contributed by atoms with Gasteiger partial charge in [0.2, 0.25) is 0 Å². The highest BCUT2D eigenvalue weighted by Crippen LogP contribution is 2.18. The lowest BCUT2D eigenvalue weighted by Gasteiger charge is -2.11. The maximum absolute atomic E-state index is 11.9. The van der Waals surface area contributed by atoms with Crippen molar-refractivity contribution in [3.05, 3.63) is 59.7 Å². The van der Waals surface area contributed by atoms with E-state index in [4.69, 9.17) is 4.74 Å². The van der Waals surface area contributed by atoms with Gasteiger partial charge in [-0.2, -0.15) is 0 Å². The molecule has 1 N–H and O–H groups in total. The highest BCUT2D eigenvalue weighted by Gasteiger charge is 2.06. The van der Waals surface area contributed by atoms with Crippen molar-refractivity contribution in [2.24, 2.45) is 0 Å². The molecule has 3 heteroatoms. The van der Waals surface area contributed by atoms with Gasteiger partial charge in [-0.05, 0) is 42.2 Å². The van der Waals surface area contributed by atoms with E-state index in [2.05, 4.69) is 19.2 Å². The van der Waals surface area contributed by atoms with Crippen LogP contribution in [0.2, 0.25) is 0 Å². The van der Waals surface area contributed by atoms with E-state index in [1.54, 1.807) is 0 Å². The number of hydrogen-bond acceptors (Lipinski definition) is 2. The number of para-hydroxylation sites is 1. The Morgan fingerprint density at radius 1 is 1.05 bits per heavy atom. The van der Waals surface area contributed by atoms with E-state index in [0.29, 0.717) is 0 Å². The van der Waals surface area contributed by atoms with E-state index in [0.717, 1.165) is 29.8 Å². The molecule has 110 valence electrons. The molecule has 0 aliphatic rings. The first-order valence-corrected chi connectivity index (χ1v) is 7.32. The Morgan fingerprint density at radius 3 is 2.62 bits per heavy atom. The fraction of sp³-hybridized carbons (Fsp3) is 0.278. The summed E-state index contributed by atoms with van der Waals surface area (Å²) in [6.45, 7) is 4.18. The zero-order valence-electron chi connectivity index (χ0n) is 12.6. The van der Waals surface area contributed by atoms with Crippen molar-refractivity contribution in [3.8, 4) is 5.75 Å². The second-order valence-electron chi connectivity index (χ2n) is 4.85. The van der Waals surface area contributed by atoms with E-state index >= 15 is 0 Å². The lowest BCUT2D eigenvalue weighted by molar-refractivity contribution is -0.118. The van der Waals surface area contributed by atoms with Gasteiger partial charge in [0.15, 0.2) is 6.61 Å². The number of carbonyl (C=O) groups is 1. The quantitative estimate of drug-likeness (QED) is 0.875. The molecule has 0 saturated carbocycles. The molecule has 0 fully saturated rings. The summed E-state index contributed by atoms with van der Waals surface area (Å²) in [7, 11) is 0. The Kier molecular flexibility index (Phi) is 5.38. The predicted octanol–water partition coefficient (Wildman–Crippen LogP) is 3.83. The lowest BCUT2D eigenvalue weighted by Crippen LogP contribution is -2.20. The molecule has 0 unspecified atom stereocenters. The zero-order valence-corrected chi connectivity index (χ0v) is 12.6. The second-order valence-corrected chi connectivity index (χ2v) is 4.85. The van der Waals surface area contributed by atoms with Gasteiger partial charge in [0.25, 0.3) is 5.91 Å². The minimum atomic E-state index is -0.144. The first kappa shape index (κ1) is 15.1. The van der Waals surface area contributed by atoms with Crippen molar-refractivity contribution in [3.63, 3.8) is 0 Å². The molecular weight excluding hydrogens is 262 g/mol. The van der Waals surface area contributed by atoms with Crippen LogP contribution in [0.25, 0.3) is 0 Å². The number of carbonyl (C=O) groups excluding carboxylic acids is 1. The number of benzene rings is 2. The molecule has 0 radical (unpaired) electrons. The Hall–Kier alpha value is -2.29. The summed E-state index contributed by atoms with van der Waals surface area (Å²) >= 11 is 0. The molecule has 0 aromatic heterocycles. The molecule has 3 nitrogen and oxygen atoms in total. The summed E-state index contributed by atoms with van der Waals surface area (Å²) in [5, 5.41) is 2.86. The smallest absolute Gasteiger partial charge is 0.262 e. The highest BCUT2D eigenvalue weighted by atomic mass is 16.5. The fourth-order valence-electron chi connectivity index (χ4n) is 2.15. The number of amides is 1. The Bertz CT molecular complexity index is 608. The van der Waals surface area contributed by atoms with Crippen LogP contribution < -0.4 is 10.1 Å². The predicted molar refractivity (Wildman–Crippen MR) is 85.8 cm³/mol. The van der Waals surface area contributed by atoms with Crippen LogP contribution in [0.5, 0.6) is 5.75 Å². The lowest BCUT2D eigenvalue weighted by atomic mass is 10.1. The van der Waals surface area contributed by atoms with Crippen molar-refractivity contribution in [2.75, 3.05) is 11.9 Å². The third-order valence-electron chi connectivity index (χ3n) is 3.33. The molecule has 0 spiro atoms. The van der Waals surface area contributed by atoms with E-state index in [-0.39, 0.29) is 12.5 Å². The van der Waals surface area contributed by atoms with Gasteiger partial charge in [-0.1, -0.05) is 44.2 Å². The first-order valence-electron chi connectivity index (χ1n) is 7.32. The van der Waals surface area contributed by atoms with Gasteiger partial charge in [0.05, 0.1) is 0 Å². The molecule has 0 aliphatic carbocycles. The van der Waals surface area contributed by atoms with Crippen LogP contribution >= 0.6 is 0 Å². The average molecular weight is 283 g/mol. The van der Waals surface area contributed by atoms with Crippen LogP contribution in [0.3, 0.4) is 0 Å². The summed E-state index contributed by atoms with van der Waals surface area (Å²) in [5.41, 5.74) is 3.12. The number of hydrogen-bond donors (Lipinski definition) is 1. The van der Waals surface area contributed by atoms with E-state index in [1.165, 1.54) is 5.56 Å². The van der Waals surface area contributed by atoms with E-state index in [9.17, 15) is 4.79 Å². The van der Waals surface area contributed by atoms with E-state index < -0.39 is 0 Å². The van der Waals surface area contributed by atoms with Gasteiger partial charge < -0.3 is 10.1 Å². The van der Waals surface area contributed by atoms with Gasteiger partial charge >= 0.3 is 0 Å². The largest absolute Gasteiger partial charge is 0.483 e. The molecule has 0 bridgehead atoms. The molecule has 0 aliphatic heterocycles. The van der Waals surface area contributed by atoms with Gasteiger partial charge in [0, 0.05) is 5.69 Å². The Labute approximate surface area is 126 Å². The summed E-state index contributed by atoms with van der Waals surface area (Å²) in [4.78, 5) is 11.9. The van der Waals surface area contributed by atoms with Crippen molar-refractivity contribution >= 4 is 11.6 Å². The zero-order chi connectivity index (χ0) is 15.1. The second kappa shape index (κ2) is 7.48. The SMILES string of the molecule is CCc1cccc(NC(=O)COc2ccccc2CC)c1. The van der Waals surface area contributed by atoms with E-state index in [1.807, 2.05) is 48.5 Å². The number of rotatable bonds is 6. The monoisotopic (exact) mass is 283 g/mol. The fourth-order valence-corrected chi connectivity index (χ4v) is 2.15. The van der Waals surface area contributed by atoms with Crippen molar-refractivity contribution < 1.29 is 9.53 Å². The minimum absolute atomic E-state index is 0.0212.